The fourth-order valence-corrected chi connectivity index (χ4v) is 2.70. The number of benzene rings is 1. The summed E-state index contributed by atoms with van der Waals surface area (Å²) in [5.74, 6) is 0.188. The number of amides is 2. The molecule has 0 aromatic heterocycles. The molecule has 1 atom stereocenters. The third kappa shape index (κ3) is 10.7. The van der Waals surface area contributed by atoms with Gasteiger partial charge in [-0.15, -0.1) is 0 Å². The summed E-state index contributed by atoms with van der Waals surface area (Å²) in [5, 5.41) is 9.45. The van der Waals surface area contributed by atoms with E-state index in [0.717, 1.165) is 24.8 Å². The molecule has 1 unspecified atom stereocenters. The second-order valence-electron chi connectivity index (χ2n) is 8.13. The first-order valence-corrected chi connectivity index (χ1v) is 10.5. The minimum absolute atomic E-state index is 0.00669. The van der Waals surface area contributed by atoms with E-state index in [9.17, 15) is 9.59 Å². The highest BCUT2D eigenvalue weighted by molar-refractivity contribution is 5.92. The lowest BCUT2D eigenvalue weighted by molar-refractivity contribution is 0.0522. The molecule has 8 nitrogen and oxygen atoms in total. The highest BCUT2D eigenvalue weighted by atomic mass is 16.6. The van der Waals surface area contributed by atoms with Crippen molar-refractivity contribution in [2.24, 2.45) is 10.7 Å². The summed E-state index contributed by atoms with van der Waals surface area (Å²) in [6, 6.07) is 7.13. The molecule has 0 spiro atoms. The second kappa shape index (κ2) is 12.7. The summed E-state index contributed by atoms with van der Waals surface area (Å²) in [4.78, 5) is 28.0. The van der Waals surface area contributed by atoms with E-state index in [1.807, 2.05) is 33.8 Å². The molecule has 0 saturated heterocycles. The molecule has 0 bridgehead atoms. The van der Waals surface area contributed by atoms with Gasteiger partial charge in [-0.2, -0.15) is 0 Å². The van der Waals surface area contributed by atoms with Gasteiger partial charge in [0.1, 0.15) is 5.60 Å². The second-order valence-corrected chi connectivity index (χ2v) is 8.13. The molecule has 0 aliphatic carbocycles. The zero-order valence-electron chi connectivity index (χ0n) is 18.9. The minimum atomic E-state index is -0.535. The zero-order valence-corrected chi connectivity index (χ0v) is 18.9. The maximum Gasteiger partial charge on any atom is 0.407 e. The smallest absolute Gasteiger partial charge is 0.407 e. The van der Waals surface area contributed by atoms with Crippen LogP contribution in [0.2, 0.25) is 0 Å². The number of primary amides is 1. The van der Waals surface area contributed by atoms with E-state index < -0.39 is 17.6 Å². The van der Waals surface area contributed by atoms with Crippen LogP contribution in [-0.4, -0.2) is 42.7 Å². The maximum atomic E-state index is 12.0. The fourth-order valence-electron chi connectivity index (χ4n) is 2.70. The van der Waals surface area contributed by atoms with Crippen molar-refractivity contribution in [1.29, 1.82) is 0 Å². The standard InChI is InChI=1S/C22H37N5O3/c1-6-8-12-18(15-26-21(29)30-22(3,4)5)27-20(24-7-2)25-14-16-10-9-11-17(13-16)19(23)28/h9-11,13,18H,6-8,12,14-15H2,1-5H3,(H2,23,28)(H,26,29)(H2,24,25,27). The molecule has 168 valence electrons. The van der Waals surface area contributed by atoms with E-state index in [4.69, 9.17) is 10.5 Å². The molecule has 1 aromatic carbocycles. The monoisotopic (exact) mass is 419 g/mol. The van der Waals surface area contributed by atoms with Gasteiger partial charge in [0.25, 0.3) is 0 Å². The Balaban J connectivity index is 2.79. The van der Waals surface area contributed by atoms with Gasteiger partial charge < -0.3 is 26.4 Å². The van der Waals surface area contributed by atoms with Crippen molar-refractivity contribution >= 4 is 18.0 Å². The molecule has 0 heterocycles. The Kier molecular flexibility index (Phi) is 10.7. The van der Waals surface area contributed by atoms with Gasteiger partial charge in [-0.1, -0.05) is 31.9 Å². The minimum Gasteiger partial charge on any atom is -0.444 e. The highest BCUT2D eigenvalue weighted by Crippen LogP contribution is 2.08. The molecule has 8 heteroatoms. The van der Waals surface area contributed by atoms with Crippen LogP contribution in [0.15, 0.2) is 29.3 Å². The first-order chi connectivity index (χ1) is 14.1. The number of ether oxygens (including phenoxy) is 1. The van der Waals surface area contributed by atoms with Crippen molar-refractivity contribution in [3.05, 3.63) is 35.4 Å². The van der Waals surface area contributed by atoms with E-state index in [1.165, 1.54) is 0 Å². The van der Waals surface area contributed by atoms with Crippen molar-refractivity contribution < 1.29 is 14.3 Å². The van der Waals surface area contributed by atoms with Crippen LogP contribution in [0.25, 0.3) is 0 Å². The van der Waals surface area contributed by atoms with Crippen molar-refractivity contribution in [1.82, 2.24) is 16.0 Å². The van der Waals surface area contributed by atoms with Crippen LogP contribution >= 0.6 is 0 Å². The lowest BCUT2D eigenvalue weighted by Crippen LogP contribution is -2.49. The number of guanidine groups is 1. The van der Waals surface area contributed by atoms with E-state index in [1.54, 1.807) is 18.2 Å². The van der Waals surface area contributed by atoms with Crippen LogP contribution in [0.1, 0.15) is 69.8 Å². The molecule has 0 radical (unpaired) electrons. The van der Waals surface area contributed by atoms with E-state index >= 15 is 0 Å². The van der Waals surface area contributed by atoms with Crippen molar-refractivity contribution in [2.75, 3.05) is 13.1 Å². The number of nitrogens with one attached hydrogen (secondary N) is 3. The summed E-state index contributed by atoms with van der Waals surface area (Å²) in [7, 11) is 0. The quantitative estimate of drug-likeness (QED) is 0.343. The number of unbranched alkanes of at least 4 members (excludes halogenated alkanes) is 1. The third-order valence-corrected chi connectivity index (χ3v) is 4.11. The van der Waals surface area contributed by atoms with Gasteiger partial charge >= 0.3 is 6.09 Å². The molecule has 2 amide bonds. The average molecular weight is 420 g/mol. The van der Waals surface area contributed by atoms with Gasteiger partial charge in [0.15, 0.2) is 5.96 Å². The van der Waals surface area contributed by atoms with Crippen LogP contribution in [0, 0.1) is 0 Å². The van der Waals surface area contributed by atoms with Gasteiger partial charge in [-0.3, -0.25) is 4.79 Å². The molecule has 0 fully saturated rings. The first kappa shape index (κ1) is 25.3. The molecule has 5 N–H and O–H groups in total. The lowest BCUT2D eigenvalue weighted by atomic mass is 10.1. The Hall–Kier alpha value is -2.77. The molecule has 0 aliphatic heterocycles. The molecule has 30 heavy (non-hydrogen) atoms. The van der Waals surface area contributed by atoms with E-state index in [2.05, 4.69) is 27.9 Å². The Bertz CT molecular complexity index is 713. The number of hydrogen-bond donors (Lipinski definition) is 4. The van der Waals surface area contributed by atoms with Crippen molar-refractivity contribution in [3.8, 4) is 0 Å². The highest BCUT2D eigenvalue weighted by Gasteiger charge is 2.18. The van der Waals surface area contributed by atoms with Crippen LogP contribution < -0.4 is 21.7 Å². The van der Waals surface area contributed by atoms with Crippen LogP contribution in [0.4, 0.5) is 4.79 Å². The molecule has 0 saturated carbocycles. The zero-order chi connectivity index (χ0) is 22.6. The van der Waals surface area contributed by atoms with Crippen LogP contribution in [0.3, 0.4) is 0 Å². The van der Waals surface area contributed by atoms with Gasteiger partial charge in [0, 0.05) is 24.7 Å². The Morgan fingerprint density at radius 2 is 1.93 bits per heavy atom. The number of hydrogen-bond acceptors (Lipinski definition) is 4. The first-order valence-electron chi connectivity index (χ1n) is 10.5. The maximum absolute atomic E-state index is 12.0. The molecule has 0 aliphatic rings. The molecular formula is C22H37N5O3. The summed E-state index contributed by atoms with van der Waals surface area (Å²) in [6.45, 7) is 11.2. The fraction of sp³-hybridized carbons (Fsp3) is 0.591. The normalized spacial score (nSPS) is 12.8. The average Bonchev–Trinajstić information content (AvgIpc) is 2.67. The molecule has 1 aromatic rings. The summed E-state index contributed by atoms with van der Waals surface area (Å²) < 4.78 is 5.32. The topological polar surface area (TPSA) is 118 Å². The van der Waals surface area contributed by atoms with Crippen LogP contribution in [0.5, 0.6) is 0 Å². The predicted octanol–water partition coefficient (Wildman–Crippen LogP) is 2.92. The summed E-state index contributed by atoms with van der Waals surface area (Å²) in [5.41, 5.74) is 6.17. The number of rotatable bonds is 10. The van der Waals surface area contributed by atoms with Crippen LogP contribution in [-0.2, 0) is 11.3 Å². The van der Waals surface area contributed by atoms with Crippen molar-refractivity contribution in [3.63, 3.8) is 0 Å². The third-order valence-electron chi connectivity index (χ3n) is 4.11. The SMILES string of the molecule is CCCCC(CNC(=O)OC(C)(C)C)NC(=NCc1cccc(C(N)=O)c1)NCC. The van der Waals surface area contributed by atoms with Gasteiger partial charge in [0.2, 0.25) is 5.91 Å². The predicted molar refractivity (Wildman–Crippen MR) is 120 cm³/mol. The molecular weight excluding hydrogens is 382 g/mol. The number of carbonyl (C=O) groups is 2. The van der Waals surface area contributed by atoms with E-state index in [0.29, 0.717) is 31.2 Å². The van der Waals surface area contributed by atoms with Gasteiger partial charge in [0.05, 0.1) is 6.54 Å². The number of alkyl carbamates (subject to hydrolysis) is 1. The van der Waals surface area contributed by atoms with Gasteiger partial charge in [-0.25, -0.2) is 9.79 Å². The Labute approximate surface area is 180 Å². The van der Waals surface area contributed by atoms with Gasteiger partial charge in [-0.05, 0) is 51.8 Å². The summed E-state index contributed by atoms with van der Waals surface area (Å²) in [6.07, 6.45) is 2.52. The number of carbonyl (C=O) groups excluding carboxylic acids is 2. The van der Waals surface area contributed by atoms with E-state index in [-0.39, 0.29) is 6.04 Å². The Morgan fingerprint density at radius 3 is 2.53 bits per heavy atom. The number of nitrogens with zero attached hydrogens (tertiary/aromatic N) is 1. The Morgan fingerprint density at radius 1 is 1.20 bits per heavy atom. The summed E-state index contributed by atoms with van der Waals surface area (Å²) >= 11 is 0. The lowest BCUT2D eigenvalue weighted by Gasteiger charge is -2.24. The van der Waals surface area contributed by atoms with Crippen molar-refractivity contribution in [2.45, 2.75) is 72.1 Å². The number of aliphatic imine (C=N–C) groups is 1. The largest absolute Gasteiger partial charge is 0.444 e. The molecule has 1 rings (SSSR count). The number of nitrogens with two attached hydrogens (primary N) is 1.